The average molecular weight is 203 g/mol. The molecule has 0 unspecified atom stereocenters. The second-order valence-corrected chi connectivity index (χ2v) is 2.96. The number of carboxylic acids is 1. The van der Waals surface area contributed by atoms with E-state index < -0.39 is 5.97 Å². The zero-order valence-corrected chi connectivity index (χ0v) is 8.11. The minimum atomic E-state index is -0.836. The van der Waals surface area contributed by atoms with Gasteiger partial charge < -0.3 is 21.5 Å². The van der Waals surface area contributed by atoms with Crippen LogP contribution in [0, 0.1) is 0 Å². The lowest BCUT2D eigenvalue weighted by molar-refractivity contribution is -0.136. The van der Waals surface area contributed by atoms with Crippen molar-refractivity contribution in [1.82, 2.24) is 4.90 Å². The van der Waals surface area contributed by atoms with Crippen LogP contribution in [-0.2, 0) is 4.79 Å². The van der Waals surface area contributed by atoms with Gasteiger partial charge in [-0.1, -0.05) is 0 Å². The van der Waals surface area contributed by atoms with Crippen molar-refractivity contribution < 1.29 is 14.7 Å². The molecule has 14 heavy (non-hydrogen) atoms. The number of hydrogen-bond donors (Lipinski definition) is 3. The van der Waals surface area contributed by atoms with Gasteiger partial charge in [-0.15, -0.1) is 0 Å². The molecule has 1 saturated heterocycles. The molecule has 0 atom stereocenters. The van der Waals surface area contributed by atoms with E-state index >= 15 is 0 Å². The molecule has 0 saturated carbocycles. The van der Waals surface area contributed by atoms with Gasteiger partial charge in [0.2, 0.25) is 0 Å². The number of carbonyl (C=O) groups excluding carboxylic acids is 1. The number of hydrogen-bond acceptors (Lipinski definition) is 3. The molecule has 5 N–H and O–H groups in total. The molecular formula is C8H17N3O3. The van der Waals surface area contributed by atoms with E-state index in [1.165, 1.54) is 0 Å². The highest BCUT2D eigenvalue weighted by molar-refractivity contribution is 5.72. The van der Waals surface area contributed by atoms with Gasteiger partial charge in [0.05, 0.1) is 6.42 Å². The topological polar surface area (TPSA) is 110 Å². The van der Waals surface area contributed by atoms with Gasteiger partial charge in [-0.2, -0.15) is 0 Å². The Labute approximate surface area is 82.9 Å². The lowest BCUT2D eigenvalue weighted by atomic mass is 10.4. The highest BCUT2D eigenvalue weighted by atomic mass is 16.4. The fourth-order valence-electron chi connectivity index (χ4n) is 1.06. The molecule has 1 fully saturated rings. The number of primary amides is 1. The molecule has 0 aromatic heterocycles. The van der Waals surface area contributed by atoms with E-state index in [0.717, 1.165) is 25.9 Å². The van der Waals surface area contributed by atoms with E-state index in [9.17, 15) is 9.59 Å². The molecule has 0 bridgehead atoms. The van der Waals surface area contributed by atoms with Crippen LogP contribution in [0.25, 0.3) is 0 Å². The Morgan fingerprint density at radius 2 is 1.79 bits per heavy atom. The van der Waals surface area contributed by atoms with Crippen LogP contribution in [0.4, 0.5) is 4.79 Å². The molecule has 0 aliphatic carbocycles. The van der Waals surface area contributed by atoms with Gasteiger partial charge in [0.25, 0.3) is 0 Å². The van der Waals surface area contributed by atoms with Crippen molar-refractivity contribution in [2.45, 2.75) is 19.3 Å². The van der Waals surface area contributed by atoms with Crippen molar-refractivity contribution in [3.8, 4) is 0 Å². The summed E-state index contributed by atoms with van der Waals surface area (Å²) in [6, 6.07) is -0.275. The van der Waals surface area contributed by atoms with Gasteiger partial charge in [-0.25, -0.2) is 4.79 Å². The van der Waals surface area contributed by atoms with Crippen LogP contribution < -0.4 is 11.5 Å². The molecule has 1 aliphatic rings. The van der Waals surface area contributed by atoms with E-state index in [2.05, 4.69) is 0 Å². The van der Waals surface area contributed by atoms with Gasteiger partial charge in [-0.05, 0) is 12.8 Å². The van der Waals surface area contributed by atoms with Crippen molar-refractivity contribution in [3.63, 3.8) is 0 Å². The molecule has 2 amide bonds. The lowest BCUT2D eigenvalue weighted by Crippen LogP contribution is -2.32. The number of aliphatic carboxylic acids is 1. The first-order valence-electron chi connectivity index (χ1n) is 4.54. The number of carboxylic acid groups (broad SMARTS) is 1. The highest BCUT2D eigenvalue weighted by Crippen LogP contribution is 2.05. The first-order chi connectivity index (χ1) is 6.57. The smallest absolute Gasteiger partial charge is 0.314 e. The van der Waals surface area contributed by atoms with Crippen LogP contribution in [0.15, 0.2) is 0 Å². The number of nitrogens with two attached hydrogens (primary N) is 2. The minimum absolute atomic E-state index is 0.0694. The van der Waals surface area contributed by atoms with Crippen molar-refractivity contribution in [2.75, 3.05) is 19.6 Å². The van der Waals surface area contributed by atoms with Crippen LogP contribution in [-0.4, -0.2) is 41.6 Å². The van der Waals surface area contributed by atoms with E-state index in [-0.39, 0.29) is 19.0 Å². The van der Waals surface area contributed by atoms with Crippen molar-refractivity contribution in [3.05, 3.63) is 0 Å². The zero-order valence-electron chi connectivity index (χ0n) is 8.11. The predicted molar refractivity (Wildman–Crippen MR) is 51.7 cm³/mol. The van der Waals surface area contributed by atoms with Crippen molar-refractivity contribution in [2.24, 2.45) is 11.5 Å². The molecule has 6 heteroatoms. The summed E-state index contributed by atoms with van der Waals surface area (Å²) in [4.78, 5) is 21.5. The number of likely N-dealkylation sites (tertiary alicyclic amines) is 1. The van der Waals surface area contributed by atoms with E-state index in [0.29, 0.717) is 0 Å². The van der Waals surface area contributed by atoms with Gasteiger partial charge in [-0.3, -0.25) is 4.79 Å². The molecule has 1 heterocycles. The summed E-state index contributed by atoms with van der Waals surface area (Å²) in [5, 5.41) is 7.83. The normalized spacial score (nSPS) is 14.5. The molecule has 1 aliphatic heterocycles. The third-order valence-corrected chi connectivity index (χ3v) is 1.78. The Hall–Kier alpha value is -1.30. The van der Waals surface area contributed by atoms with Crippen molar-refractivity contribution in [1.29, 1.82) is 0 Å². The Bertz CT molecular complexity index is 190. The third-order valence-electron chi connectivity index (χ3n) is 1.78. The SMILES string of the molecule is NC(=O)N1CCCC1.NCCC(=O)O. The maximum Gasteiger partial charge on any atom is 0.314 e. The van der Waals surface area contributed by atoms with Crippen LogP contribution in [0.5, 0.6) is 0 Å². The maximum absolute atomic E-state index is 10.3. The molecule has 6 nitrogen and oxygen atoms in total. The summed E-state index contributed by atoms with van der Waals surface area (Å²) in [5.74, 6) is -0.836. The molecule has 82 valence electrons. The van der Waals surface area contributed by atoms with Gasteiger partial charge >= 0.3 is 12.0 Å². The summed E-state index contributed by atoms with van der Waals surface area (Å²) in [6.07, 6.45) is 2.30. The predicted octanol–water partition coefficient (Wildman–Crippen LogP) is -0.419. The number of urea groups is 1. The number of amides is 2. The summed E-state index contributed by atoms with van der Waals surface area (Å²) >= 11 is 0. The molecule has 1 rings (SSSR count). The highest BCUT2D eigenvalue weighted by Gasteiger charge is 2.13. The fraction of sp³-hybridized carbons (Fsp3) is 0.750. The quantitative estimate of drug-likeness (QED) is 0.566. The van der Waals surface area contributed by atoms with E-state index in [1.807, 2.05) is 0 Å². The van der Waals surface area contributed by atoms with E-state index in [1.54, 1.807) is 4.90 Å². The molecule has 0 aromatic rings. The second kappa shape index (κ2) is 7.14. The monoisotopic (exact) mass is 203 g/mol. The van der Waals surface area contributed by atoms with Crippen LogP contribution in [0.3, 0.4) is 0 Å². The Kier molecular flexibility index (Phi) is 6.47. The van der Waals surface area contributed by atoms with Gasteiger partial charge in [0.1, 0.15) is 0 Å². The molecule has 0 aromatic carbocycles. The Morgan fingerprint density at radius 1 is 1.29 bits per heavy atom. The maximum atomic E-state index is 10.3. The third kappa shape index (κ3) is 6.24. The van der Waals surface area contributed by atoms with Crippen LogP contribution in [0.1, 0.15) is 19.3 Å². The Balaban J connectivity index is 0.000000255. The molecule has 0 radical (unpaired) electrons. The van der Waals surface area contributed by atoms with Gasteiger partial charge in [0, 0.05) is 19.6 Å². The van der Waals surface area contributed by atoms with Gasteiger partial charge in [0.15, 0.2) is 0 Å². The lowest BCUT2D eigenvalue weighted by Gasteiger charge is -2.09. The standard InChI is InChI=1S/C5H10N2O.C3H7NO2/c6-5(8)7-3-1-2-4-7;4-2-1-3(5)6/h1-4H2,(H2,6,8);1-2,4H2,(H,5,6). The molecular weight excluding hydrogens is 186 g/mol. The second-order valence-electron chi connectivity index (χ2n) is 2.96. The molecule has 0 spiro atoms. The fourth-order valence-corrected chi connectivity index (χ4v) is 1.06. The largest absolute Gasteiger partial charge is 0.481 e. The van der Waals surface area contributed by atoms with Crippen molar-refractivity contribution >= 4 is 12.0 Å². The summed E-state index contributed by atoms with van der Waals surface area (Å²) < 4.78 is 0. The Morgan fingerprint density at radius 3 is 1.93 bits per heavy atom. The summed E-state index contributed by atoms with van der Waals surface area (Å²) in [5.41, 5.74) is 9.83. The van der Waals surface area contributed by atoms with Crippen LogP contribution >= 0.6 is 0 Å². The summed E-state index contributed by atoms with van der Waals surface area (Å²) in [6.45, 7) is 1.94. The first kappa shape index (κ1) is 12.7. The zero-order chi connectivity index (χ0) is 11.0. The average Bonchev–Trinajstić information content (AvgIpc) is 2.56. The number of rotatable bonds is 2. The summed E-state index contributed by atoms with van der Waals surface area (Å²) in [7, 11) is 0. The van der Waals surface area contributed by atoms with E-state index in [4.69, 9.17) is 16.6 Å². The number of nitrogens with zero attached hydrogens (tertiary/aromatic N) is 1. The minimum Gasteiger partial charge on any atom is -0.481 e. The van der Waals surface area contributed by atoms with Crippen LogP contribution in [0.2, 0.25) is 0 Å². The first-order valence-corrected chi connectivity index (χ1v) is 4.54. The number of carbonyl (C=O) groups is 2.